The van der Waals surface area contributed by atoms with Crippen molar-refractivity contribution in [1.82, 2.24) is 9.80 Å². The molecule has 2 saturated heterocycles. The van der Waals surface area contributed by atoms with E-state index in [1.54, 1.807) is 0 Å². The Labute approximate surface area is 172 Å². The molecule has 0 aliphatic carbocycles. The van der Waals surface area contributed by atoms with Gasteiger partial charge in [-0.25, -0.2) is 0 Å². The van der Waals surface area contributed by atoms with E-state index >= 15 is 0 Å². The number of hydrogen-bond acceptors (Lipinski definition) is 3. The lowest BCUT2D eigenvalue weighted by Gasteiger charge is -2.32. The summed E-state index contributed by atoms with van der Waals surface area (Å²) in [6.45, 7) is 3.74. The second kappa shape index (κ2) is 9.12. The molecule has 2 fully saturated rings. The normalized spacial score (nSPS) is 17.4. The number of piperidine rings is 1. The first-order valence-electron chi connectivity index (χ1n) is 10.6. The maximum atomic E-state index is 12.8. The SMILES string of the molecule is O=C(c1ccccc1)N1CCC(COc2ccccc2C(=O)N2CCCC2)CC1. The summed E-state index contributed by atoms with van der Waals surface area (Å²) >= 11 is 0. The lowest BCUT2D eigenvalue weighted by Crippen LogP contribution is -2.39. The number of rotatable bonds is 5. The topological polar surface area (TPSA) is 49.9 Å². The smallest absolute Gasteiger partial charge is 0.257 e. The summed E-state index contributed by atoms with van der Waals surface area (Å²) < 4.78 is 6.09. The van der Waals surface area contributed by atoms with E-state index in [1.165, 1.54) is 0 Å². The molecule has 0 saturated carbocycles. The van der Waals surface area contributed by atoms with Crippen molar-refractivity contribution < 1.29 is 14.3 Å². The molecule has 5 heteroatoms. The molecular weight excluding hydrogens is 364 g/mol. The van der Waals surface area contributed by atoms with Crippen LogP contribution < -0.4 is 4.74 Å². The van der Waals surface area contributed by atoms with Crippen molar-refractivity contribution in [2.45, 2.75) is 25.7 Å². The van der Waals surface area contributed by atoms with Crippen LogP contribution in [0.3, 0.4) is 0 Å². The summed E-state index contributed by atoms with van der Waals surface area (Å²) in [6.07, 6.45) is 3.99. The molecule has 0 unspecified atom stereocenters. The minimum atomic E-state index is 0.0707. The zero-order valence-electron chi connectivity index (χ0n) is 16.8. The quantitative estimate of drug-likeness (QED) is 0.777. The fourth-order valence-electron chi connectivity index (χ4n) is 4.13. The Balaban J connectivity index is 1.31. The third-order valence-electron chi connectivity index (χ3n) is 5.91. The highest BCUT2D eigenvalue weighted by atomic mass is 16.5. The molecule has 0 atom stereocenters. The van der Waals surface area contributed by atoms with Crippen LogP contribution in [-0.2, 0) is 0 Å². The molecule has 5 nitrogen and oxygen atoms in total. The van der Waals surface area contributed by atoms with Gasteiger partial charge >= 0.3 is 0 Å². The van der Waals surface area contributed by atoms with Crippen molar-refractivity contribution in [3.63, 3.8) is 0 Å². The molecule has 0 N–H and O–H groups in total. The van der Waals surface area contributed by atoms with Gasteiger partial charge in [0.25, 0.3) is 11.8 Å². The van der Waals surface area contributed by atoms with Gasteiger partial charge in [0.15, 0.2) is 0 Å². The van der Waals surface area contributed by atoms with Crippen molar-refractivity contribution in [1.29, 1.82) is 0 Å². The summed E-state index contributed by atoms with van der Waals surface area (Å²) in [5.41, 5.74) is 1.41. The lowest BCUT2D eigenvalue weighted by molar-refractivity contribution is 0.0657. The number of para-hydroxylation sites is 1. The van der Waals surface area contributed by atoms with Gasteiger partial charge in [0.2, 0.25) is 0 Å². The van der Waals surface area contributed by atoms with Crippen LogP contribution in [0.25, 0.3) is 0 Å². The van der Waals surface area contributed by atoms with Gasteiger partial charge in [-0.1, -0.05) is 30.3 Å². The first kappa shape index (κ1) is 19.5. The Morgan fingerprint density at radius 2 is 1.41 bits per heavy atom. The number of carbonyl (C=O) groups is 2. The molecule has 2 aromatic carbocycles. The third kappa shape index (κ3) is 4.61. The molecule has 2 aromatic rings. The van der Waals surface area contributed by atoms with Crippen LogP contribution in [-0.4, -0.2) is 54.4 Å². The number of carbonyl (C=O) groups excluding carboxylic acids is 2. The Bertz CT molecular complexity index is 838. The number of hydrogen-bond donors (Lipinski definition) is 0. The first-order valence-corrected chi connectivity index (χ1v) is 10.6. The van der Waals surface area contributed by atoms with Crippen LogP contribution in [0.4, 0.5) is 0 Å². The molecule has 0 aromatic heterocycles. The summed E-state index contributed by atoms with van der Waals surface area (Å²) in [5, 5.41) is 0. The molecule has 152 valence electrons. The van der Waals surface area contributed by atoms with E-state index in [0.717, 1.165) is 57.4 Å². The molecule has 29 heavy (non-hydrogen) atoms. The lowest BCUT2D eigenvalue weighted by atomic mass is 9.97. The number of ether oxygens (including phenoxy) is 1. The number of likely N-dealkylation sites (tertiary alicyclic amines) is 2. The van der Waals surface area contributed by atoms with Crippen LogP contribution in [0.5, 0.6) is 5.75 Å². The number of amides is 2. The minimum absolute atomic E-state index is 0.0707. The Morgan fingerprint density at radius 1 is 0.793 bits per heavy atom. The predicted octanol–water partition coefficient (Wildman–Crippen LogP) is 3.85. The molecule has 2 amide bonds. The van der Waals surface area contributed by atoms with E-state index in [0.29, 0.717) is 23.8 Å². The fraction of sp³-hybridized carbons (Fsp3) is 0.417. The van der Waals surface area contributed by atoms with Gasteiger partial charge < -0.3 is 14.5 Å². The highest BCUT2D eigenvalue weighted by molar-refractivity contribution is 5.97. The van der Waals surface area contributed by atoms with E-state index in [9.17, 15) is 9.59 Å². The average Bonchev–Trinajstić information content (AvgIpc) is 3.33. The molecule has 0 spiro atoms. The van der Waals surface area contributed by atoms with E-state index in [2.05, 4.69) is 0 Å². The van der Waals surface area contributed by atoms with Gasteiger partial charge in [0.05, 0.1) is 12.2 Å². The van der Waals surface area contributed by atoms with Crippen LogP contribution in [0.2, 0.25) is 0 Å². The van der Waals surface area contributed by atoms with E-state index in [4.69, 9.17) is 4.74 Å². The summed E-state index contributed by atoms with van der Waals surface area (Å²) in [5.74, 6) is 1.24. The fourth-order valence-corrected chi connectivity index (χ4v) is 4.13. The van der Waals surface area contributed by atoms with Crippen LogP contribution in [0.15, 0.2) is 54.6 Å². The summed E-state index contributed by atoms with van der Waals surface area (Å²) in [6, 6.07) is 17.0. The van der Waals surface area contributed by atoms with Crippen molar-refractivity contribution in [3.05, 3.63) is 65.7 Å². The van der Waals surface area contributed by atoms with Gasteiger partial charge in [-0.3, -0.25) is 9.59 Å². The van der Waals surface area contributed by atoms with Crippen molar-refractivity contribution in [2.75, 3.05) is 32.8 Å². The summed E-state index contributed by atoms with van der Waals surface area (Å²) in [4.78, 5) is 29.2. The van der Waals surface area contributed by atoms with Crippen molar-refractivity contribution in [3.8, 4) is 5.75 Å². The standard InChI is InChI=1S/C24H28N2O3/c27-23(20-8-2-1-3-9-20)26-16-12-19(13-17-26)18-29-22-11-5-4-10-21(22)24(28)25-14-6-7-15-25/h1-5,8-11,19H,6-7,12-18H2. The Hall–Kier alpha value is -2.82. The second-order valence-corrected chi connectivity index (χ2v) is 7.91. The minimum Gasteiger partial charge on any atom is -0.492 e. The van der Waals surface area contributed by atoms with Gasteiger partial charge in [0, 0.05) is 31.7 Å². The average molecular weight is 392 g/mol. The molecule has 0 bridgehead atoms. The molecular formula is C24H28N2O3. The highest BCUT2D eigenvalue weighted by Crippen LogP contribution is 2.25. The van der Waals surface area contributed by atoms with Gasteiger partial charge in [-0.2, -0.15) is 0 Å². The third-order valence-corrected chi connectivity index (χ3v) is 5.91. The van der Waals surface area contributed by atoms with Crippen molar-refractivity contribution >= 4 is 11.8 Å². The molecule has 2 heterocycles. The largest absolute Gasteiger partial charge is 0.492 e. The number of nitrogens with zero attached hydrogens (tertiary/aromatic N) is 2. The van der Waals surface area contributed by atoms with Gasteiger partial charge in [-0.15, -0.1) is 0 Å². The van der Waals surface area contributed by atoms with E-state index < -0.39 is 0 Å². The maximum absolute atomic E-state index is 12.8. The Kier molecular flexibility index (Phi) is 6.13. The van der Waals surface area contributed by atoms with Crippen LogP contribution >= 0.6 is 0 Å². The van der Waals surface area contributed by atoms with E-state index in [1.807, 2.05) is 64.4 Å². The highest BCUT2D eigenvalue weighted by Gasteiger charge is 2.25. The second-order valence-electron chi connectivity index (χ2n) is 7.91. The molecule has 4 rings (SSSR count). The van der Waals surface area contributed by atoms with Gasteiger partial charge in [0.1, 0.15) is 5.75 Å². The first-order chi connectivity index (χ1) is 14.2. The Morgan fingerprint density at radius 3 is 2.14 bits per heavy atom. The monoisotopic (exact) mass is 392 g/mol. The maximum Gasteiger partial charge on any atom is 0.257 e. The van der Waals surface area contributed by atoms with E-state index in [-0.39, 0.29) is 11.8 Å². The summed E-state index contributed by atoms with van der Waals surface area (Å²) in [7, 11) is 0. The molecule has 2 aliphatic rings. The molecule has 0 radical (unpaired) electrons. The van der Waals surface area contributed by atoms with Crippen LogP contribution in [0, 0.1) is 5.92 Å². The number of benzene rings is 2. The molecule has 2 aliphatic heterocycles. The van der Waals surface area contributed by atoms with Gasteiger partial charge in [-0.05, 0) is 55.9 Å². The zero-order chi connectivity index (χ0) is 20.1. The van der Waals surface area contributed by atoms with Crippen molar-refractivity contribution in [2.24, 2.45) is 5.92 Å². The van der Waals surface area contributed by atoms with Crippen LogP contribution in [0.1, 0.15) is 46.4 Å². The zero-order valence-corrected chi connectivity index (χ0v) is 16.8. The predicted molar refractivity (Wildman–Crippen MR) is 112 cm³/mol.